The Morgan fingerprint density at radius 1 is 0.708 bits per heavy atom. The van der Waals surface area contributed by atoms with Gasteiger partial charge in [-0.1, -0.05) is 85.6 Å². The summed E-state index contributed by atoms with van der Waals surface area (Å²) in [6.07, 6.45) is 8.83. The van der Waals surface area contributed by atoms with E-state index >= 15 is 0 Å². The number of para-hydroxylation sites is 1. The minimum Gasteiger partial charge on any atom is -0.494 e. The normalized spacial score (nSPS) is 12.8. The molecule has 4 aromatic carbocycles. The summed E-state index contributed by atoms with van der Waals surface area (Å²) in [5, 5.41) is 3.03. The lowest BCUT2D eigenvalue weighted by Crippen LogP contribution is -2.35. The minimum atomic E-state index is -0.249. The summed E-state index contributed by atoms with van der Waals surface area (Å²) in [4.78, 5) is 27.5. The van der Waals surface area contributed by atoms with Crippen molar-refractivity contribution in [3.8, 4) is 11.5 Å². The van der Waals surface area contributed by atoms with Crippen LogP contribution in [-0.2, 0) is 29.1 Å². The number of amides is 2. The van der Waals surface area contributed by atoms with E-state index in [1.165, 1.54) is 31.2 Å². The highest BCUT2D eigenvalue weighted by Gasteiger charge is 2.16. The first kappa shape index (κ1) is 34.6. The molecule has 0 saturated heterocycles. The molecule has 1 aliphatic rings. The molecular formula is C41H48N2O5. The third kappa shape index (κ3) is 12.1. The van der Waals surface area contributed by atoms with Gasteiger partial charge < -0.3 is 24.4 Å². The van der Waals surface area contributed by atoms with Gasteiger partial charge in [0.15, 0.2) is 0 Å². The first-order chi connectivity index (χ1) is 23.6. The maximum Gasteiger partial charge on any atom is 0.322 e. The molecule has 0 unspecified atom stereocenters. The summed E-state index contributed by atoms with van der Waals surface area (Å²) in [5.41, 5.74) is 3.99. The predicted molar refractivity (Wildman–Crippen MR) is 190 cm³/mol. The summed E-state index contributed by atoms with van der Waals surface area (Å²) in [7, 11) is 0. The van der Waals surface area contributed by atoms with Crippen LogP contribution in [0.4, 0.5) is 10.5 Å². The fourth-order valence-corrected chi connectivity index (χ4v) is 5.92. The molecule has 0 atom stereocenters. The summed E-state index contributed by atoms with van der Waals surface area (Å²) in [6, 6.07) is 35.4. The summed E-state index contributed by atoms with van der Waals surface area (Å²) in [5.74, 6) is 2.00. The molecule has 48 heavy (non-hydrogen) atoms. The van der Waals surface area contributed by atoms with Gasteiger partial charge in [-0.15, -0.1) is 0 Å². The number of benzene rings is 4. The number of carbonyl (C=O) groups is 2. The second-order valence-electron chi connectivity index (χ2n) is 12.5. The van der Waals surface area contributed by atoms with E-state index in [4.69, 9.17) is 14.2 Å². The highest BCUT2D eigenvalue weighted by Crippen LogP contribution is 2.26. The van der Waals surface area contributed by atoms with Crippen LogP contribution in [0, 0.1) is 5.92 Å². The number of esters is 1. The first-order valence-electron chi connectivity index (χ1n) is 17.3. The number of nitrogens with one attached hydrogen (secondary N) is 1. The van der Waals surface area contributed by atoms with Gasteiger partial charge in [-0.05, 0) is 97.5 Å². The standard InChI is InChI=1S/C41H48N2O5/c44-40(48-32-35-23-25-38(26-24-35)47-31-34-16-7-8-17-34)22-12-28-46-39-21-11-18-36(29-39)30-43(41(45)42-37-19-5-2-6-20-37)27-10-9-15-33-13-3-1-4-14-33/h1-6,11,13-14,18-21,23-26,29,34H,7-10,12,15-17,22,27-28,30-32H2,(H,42,45). The van der Waals surface area contributed by atoms with E-state index in [2.05, 4.69) is 29.6 Å². The van der Waals surface area contributed by atoms with Crippen LogP contribution in [0.3, 0.4) is 0 Å². The van der Waals surface area contributed by atoms with Crippen molar-refractivity contribution in [1.82, 2.24) is 4.90 Å². The van der Waals surface area contributed by atoms with Crippen molar-refractivity contribution in [3.63, 3.8) is 0 Å². The molecule has 0 bridgehead atoms. The van der Waals surface area contributed by atoms with Crippen LogP contribution in [0.15, 0.2) is 109 Å². The van der Waals surface area contributed by atoms with E-state index in [1.807, 2.05) is 89.8 Å². The third-order valence-electron chi connectivity index (χ3n) is 8.65. The zero-order chi connectivity index (χ0) is 33.2. The van der Waals surface area contributed by atoms with Gasteiger partial charge in [-0.25, -0.2) is 4.79 Å². The van der Waals surface area contributed by atoms with E-state index in [0.29, 0.717) is 37.8 Å². The van der Waals surface area contributed by atoms with E-state index in [-0.39, 0.29) is 25.0 Å². The third-order valence-corrected chi connectivity index (χ3v) is 8.65. The summed E-state index contributed by atoms with van der Waals surface area (Å²) in [6.45, 7) is 2.51. The van der Waals surface area contributed by atoms with Crippen molar-refractivity contribution in [2.45, 2.75) is 70.9 Å². The molecule has 0 spiro atoms. The Balaban J connectivity index is 1.03. The number of anilines is 1. The molecule has 252 valence electrons. The largest absolute Gasteiger partial charge is 0.494 e. The molecule has 0 heterocycles. The Hall–Kier alpha value is -4.78. The molecule has 1 saturated carbocycles. The Labute approximate surface area is 285 Å². The Bertz CT molecular complexity index is 1520. The molecule has 7 heteroatoms. The van der Waals surface area contributed by atoms with Gasteiger partial charge in [-0.2, -0.15) is 0 Å². The molecule has 1 N–H and O–H groups in total. The van der Waals surface area contributed by atoms with Gasteiger partial charge in [0.1, 0.15) is 18.1 Å². The number of hydrogen-bond acceptors (Lipinski definition) is 5. The fourth-order valence-electron chi connectivity index (χ4n) is 5.92. The zero-order valence-corrected chi connectivity index (χ0v) is 27.9. The lowest BCUT2D eigenvalue weighted by Gasteiger charge is -2.24. The number of unbranched alkanes of at least 4 members (excludes halogenated alkanes) is 1. The Morgan fingerprint density at radius 3 is 2.21 bits per heavy atom. The van der Waals surface area contributed by atoms with Crippen LogP contribution in [0.2, 0.25) is 0 Å². The summed E-state index contributed by atoms with van der Waals surface area (Å²) >= 11 is 0. The van der Waals surface area contributed by atoms with E-state index in [1.54, 1.807) is 0 Å². The van der Waals surface area contributed by atoms with Crippen molar-refractivity contribution in [3.05, 3.63) is 126 Å². The number of ether oxygens (including phenoxy) is 3. The summed E-state index contributed by atoms with van der Waals surface area (Å²) < 4.78 is 17.4. The molecule has 1 fully saturated rings. The predicted octanol–water partition coefficient (Wildman–Crippen LogP) is 9.22. The molecule has 7 nitrogen and oxygen atoms in total. The smallest absolute Gasteiger partial charge is 0.322 e. The maximum atomic E-state index is 13.3. The van der Waals surface area contributed by atoms with E-state index in [9.17, 15) is 9.59 Å². The van der Waals surface area contributed by atoms with Crippen LogP contribution < -0.4 is 14.8 Å². The highest BCUT2D eigenvalue weighted by molar-refractivity contribution is 5.89. The van der Waals surface area contributed by atoms with Crippen LogP contribution in [-0.4, -0.2) is 36.7 Å². The van der Waals surface area contributed by atoms with E-state index in [0.717, 1.165) is 48.4 Å². The van der Waals surface area contributed by atoms with Gasteiger partial charge in [0.2, 0.25) is 0 Å². The van der Waals surface area contributed by atoms with Crippen LogP contribution >= 0.6 is 0 Å². The molecule has 5 rings (SSSR count). The average Bonchev–Trinajstić information content (AvgIpc) is 3.65. The fraction of sp³-hybridized carbons (Fsp3) is 0.366. The molecule has 1 aliphatic carbocycles. The number of urea groups is 1. The van der Waals surface area contributed by atoms with Crippen LogP contribution in [0.5, 0.6) is 11.5 Å². The number of aryl methyl sites for hydroxylation is 1. The molecule has 2 amide bonds. The molecule has 0 aromatic heterocycles. The Kier molecular flexibility index (Phi) is 13.8. The quantitative estimate of drug-likeness (QED) is 0.0860. The van der Waals surface area contributed by atoms with Crippen LogP contribution in [0.25, 0.3) is 0 Å². The SMILES string of the molecule is O=C(CCCOc1cccc(CN(CCCCc2ccccc2)C(=O)Nc2ccccc2)c1)OCc1ccc(OCC2CCCC2)cc1. The number of carbonyl (C=O) groups excluding carboxylic acids is 2. The number of rotatable bonds is 18. The highest BCUT2D eigenvalue weighted by atomic mass is 16.5. The lowest BCUT2D eigenvalue weighted by molar-refractivity contribution is -0.145. The molecule has 4 aromatic rings. The molecule has 0 radical (unpaired) electrons. The first-order valence-corrected chi connectivity index (χ1v) is 17.3. The second kappa shape index (κ2) is 19.1. The monoisotopic (exact) mass is 648 g/mol. The van der Waals surface area contributed by atoms with Gasteiger partial charge in [0.05, 0.1) is 13.2 Å². The minimum absolute atomic E-state index is 0.130. The van der Waals surface area contributed by atoms with Crippen molar-refractivity contribution >= 4 is 17.7 Å². The van der Waals surface area contributed by atoms with E-state index < -0.39 is 0 Å². The van der Waals surface area contributed by atoms with Crippen molar-refractivity contribution in [2.24, 2.45) is 5.92 Å². The van der Waals surface area contributed by atoms with Gasteiger partial charge >= 0.3 is 12.0 Å². The molecule has 0 aliphatic heterocycles. The zero-order valence-electron chi connectivity index (χ0n) is 27.9. The number of hydrogen-bond donors (Lipinski definition) is 1. The average molecular weight is 649 g/mol. The van der Waals surface area contributed by atoms with Gasteiger partial charge in [0.25, 0.3) is 0 Å². The second-order valence-corrected chi connectivity index (χ2v) is 12.5. The maximum absolute atomic E-state index is 13.3. The molecular weight excluding hydrogens is 600 g/mol. The van der Waals surface area contributed by atoms with Crippen molar-refractivity contribution in [1.29, 1.82) is 0 Å². The van der Waals surface area contributed by atoms with Crippen molar-refractivity contribution in [2.75, 3.05) is 25.1 Å². The van der Waals surface area contributed by atoms with Gasteiger partial charge in [-0.3, -0.25) is 4.79 Å². The lowest BCUT2D eigenvalue weighted by atomic mass is 10.1. The van der Waals surface area contributed by atoms with Gasteiger partial charge in [0, 0.05) is 25.2 Å². The Morgan fingerprint density at radius 2 is 1.44 bits per heavy atom. The number of nitrogens with zero attached hydrogens (tertiary/aromatic N) is 1. The van der Waals surface area contributed by atoms with Crippen molar-refractivity contribution < 1.29 is 23.8 Å². The van der Waals surface area contributed by atoms with Crippen LogP contribution in [0.1, 0.15) is 68.1 Å². The topological polar surface area (TPSA) is 77.1 Å².